The Balaban J connectivity index is 1.55. The first kappa shape index (κ1) is 20.9. The lowest BCUT2D eigenvalue weighted by Gasteiger charge is -2.08. The van der Waals surface area contributed by atoms with Crippen molar-refractivity contribution in [3.05, 3.63) is 77.9 Å². The predicted octanol–water partition coefficient (Wildman–Crippen LogP) is 4.54. The van der Waals surface area contributed by atoms with Crippen LogP contribution in [0.4, 0.5) is 0 Å². The zero-order valence-electron chi connectivity index (χ0n) is 16.7. The van der Waals surface area contributed by atoms with Gasteiger partial charge in [-0.15, -0.1) is 5.10 Å². The Morgan fingerprint density at radius 2 is 1.90 bits per heavy atom. The van der Waals surface area contributed by atoms with Gasteiger partial charge in [-0.05, 0) is 53.3 Å². The lowest BCUT2D eigenvalue weighted by molar-refractivity contribution is -0.118. The number of nitrogens with zero attached hydrogens (tertiary/aromatic N) is 2. The Morgan fingerprint density at radius 3 is 2.55 bits per heavy atom. The highest BCUT2D eigenvalue weighted by Crippen LogP contribution is 2.24. The molecule has 1 amide bonds. The van der Waals surface area contributed by atoms with Crippen molar-refractivity contribution in [2.75, 3.05) is 6.61 Å². The van der Waals surface area contributed by atoms with Gasteiger partial charge >= 0.3 is 0 Å². The Morgan fingerprint density at radius 1 is 1.17 bits per heavy atom. The van der Waals surface area contributed by atoms with Crippen LogP contribution in [0.15, 0.2) is 71.4 Å². The van der Waals surface area contributed by atoms with Crippen molar-refractivity contribution in [2.24, 2.45) is 10.2 Å². The van der Waals surface area contributed by atoms with Crippen LogP contribution in [0.5, 0.6) is 5.75 Å². The second kappa shape index (κ2) is 10.1. The average Bonchev–Trinajstić information content (AvgIpc) is 3.07. The average molecular weight is 408 g/mol. The van der Waals surface area contributed by atoms with Gasteiger partial charge in [-0.2, -0.15) is 5.10 Å². The molecule has 0 spiro atoms. The first-order chi connectivity index (χ1) is 14.0. The third-order valence-corrected chi connectivity index (χ3v) is 5.52. The fourth-order valence-corrected chi connectivity index (χ4v) is 3.76. The van der Waals surface area contributed by atoms with Crippen molar-refractivity contribution in [3.63, 3.8) is 0 Å². The number of amidine groups is 1. The van der Waals surface area contributed by atoms with E-state index in [1.807, 2.05) is 24.3 Å². The molecule has 1 saturated heterocycles. The van der Waals surface area contributed by atoms with E-state index in [0.29, 0.717) is 24.1 Å². The molecule has 150 valence electrons. The molecule has 1 unspecified atom stereocenters. The molecule has 29 heavy (non-hydrogen) atoms. The fourth-order valence-electron chi connectivity index (χ4n) is 2.79. The van der Waals surface area contributed by atoms with Crippen LogP contribution in [0.3, 0.4) is 0 Å². The molecule has 1 heterocycles. The molecule has 0 aromatic heterocycles. The van der Waals surface area contributed by atoms with E-state index < -0.39 is 0 Å². The third kappa shape index (κ3) is 6.06. The number of carbonyl (C=O) groups is 1. The van der Waals surface area contributed by atoms with Gasteiger partial charge in [0.15, 0.2) is 5.17 Å². The van der Waals surface area contributed by atoms with Crippen molar-refractivity contribution >= 4 is 29.1 Å². The molecule has 6 heteroatoms. The van der Waals surface area contributed by atoms with Gasteiger partial charge < -0.3 is 10.1 Å². The minimum absolute atomic E-state index is 0.0272. The molecule has 1 atom stereocenters. The van der Waals surface area contributed by atoms with Crippen LogP contribution in [-0.2, 0) is 11.2 Å². The molecule has 0 saturated carbocycles. The number of amides is 1. The number of hydrogen-bond donors (Lipinski definition) is 1. The Labute approximate surface area is 176 Å². The second-order valence-electron chi connectivity index (χ2n) is 7.01. The van der Waals surface area contributed by atoms with Gasteiger partial charge in [0.05, 0.1) is 11.5 Å². The highest BCUT2D eigenvalue weighted by molar-refractivity contribution is 8.15. The van der Waals surface area contributed by atoms with Gasteiger partial charge in [0, 0.05) is 0 Å². The SMILES string of the molecule is C=CCOc1ccc(C=NN=C2NC(=O)C(Cc3ccc(C(C)C)cc3)S2)cc1. The van der Waals surface area contributed by atoms with Gasteiger partial charge in [-0.1, -0.05) is 62.5 Å². The van der Waals surface area contributed by atoms with E-state index in [9.17, 15) is 4.79 Å². The van der Waals surface area contributed by atoms with Gasteiger partial charge in [-0.3, -0.25) is 4.79 Å². The van der Waals surface area contributed by atoms with Crippen LogP contribution < -0.4 is 10.1 Å². The Bertz CT molecular complexity index is 903. The highest BCUT2D eigenvalue weighted by Gasteiger charge is 2.30. The number of hydrogen-bond acceptors (Lipinski definition) is 5. The third-order valence-electron chi connectivity index (χ3n) is 4.45. The molecule has 1 fully saturated rings. The molecule has 2 aromatic rings. The van der Waals surface area contributed by atoms with Crippen molar-refractivity contribution in [3.8, 4) is 5.75 Å². The van der Waals surface area contributed by atoms with Gasteiger partial charge in [0.25, 0.3) is 0 Å². The molecule has 1 aliphatic heterocycles. The van der Waals surface area contributed by atoms with Crippen LogP contribution in [0.25, 0.3) is 0 Å². The molecule has 0 aliphatic carbocycles. The molecular weight excluding hydrogens is 382 g/mol. The van der Waals surface area contributed by atoms with Crippen LogP contribution in [0.1, 0.15) is 36.5 Å². The molecule has 0 bridgehead atoms. The summed E-state index contributed by atoms with van der Waals surface area (Å²) in [5.74, 6) is 1.25. The Hall–Kier alpha value is -2.86. The number of carbonyl (C=O) groups excluding carboxylic acids is 1. The van der Waals surface area contributed by atoms with Crippen LogP contribution in [0, 0.1) is 0 Å². The highest BCUT2D eigenvalue weighted by atomic mass is 32.2. The summed E-state index contributed by atoms with van der Waals surface area (Å²) in [5, 5.41) is 11.4. The largest absolute Gasteiger partial charge is 0.490 e. The van der Waals surface area contributed by atoms with Crippen molar-refractivity contribution < 1.29 is 9.53 Å². The first-order valence-electron chi connectivity index (χ1n) is 9.56. The van der Waals surface area contributed by atoms with Crippen LogP contribution >= 0.6 is 11.8 Å². The molecule has 5 nitrogen and oxygen atoms in total. The van der Waals surface area contributed by atoms with Gasteiger partial charge in [0.2, 0.25) is 5.91 Å². The van der Waals surface area contributed by atoms with Crippen LogP contribution in [-0.4, -0.2) is 29.1 Å². The normalized spacial score (nSPS) is 17.8. The van der Waals surface area contributed by atoms with E-state index in [0.717, 1.165) is 16.9 Å². The monoisotopic (exact) mass is 407 g/mol. The summed E-state index contributed by atoms with van der Waals surface area (Å²) in [4.78, 5) is 12.2. The maximum absolute atomic E-state index is 12.2. The maximum Gasteiger partial charge on any atom is 0.239 e. The number of ether oxygens (including phenoxy) is 1. The molecule has 1 N–H and O–H groups in total. The van der Waals surface area contributed by atoms with Crippen molar-refractivity contribution in [2.45, 2.75) is 31.4 Å². The van der Waals surface area contributed by atoms with Gasteiger partial charge in [-0.25, -0.2) is 0 Å². The molecular formula is C23H25N3O2S. The van der Waals surface area contributed by atoms with Gasteiger partial charge in [0.1, 0.15) is 12.4 Å². The summed E-state index contributed by atoms with van der Waals surface area (Å²) in [7, 11) is 0. The number of rotatable bonds is 8. The van der Waals surface area contributed by atoms with Crippen molar-refractivity contribution in [1.29, 1.82) is 0 Å². The van der Waals surface area contributed by atoms with E-state index in [4.69, 9.17) is 4.74 Å². The molecule has 3 rings (SSSR count). The number of nitrogens with one attached hydrogen (secondary N) is 1. The summed E-state index contributed by atoms with van der Waals surface area (Å²) in [5.41, 5.74) is 3.34. The lowest BCUT2D eigenvalue weighted by Crippen LogP contribution is -2.25. The predicted molar refractivity (Wildman–Crippen MR) is 121 cm³/mol. The van der Waals surface area contributed by atoms with Crippen LogP contribution in [0.2, 0.25) is 0 Å². The summed E-state index contributed by atoms with van der Waals surface area (Å²) in [6.45, 7) is 8.44. The van der Waals surface area contributed by atoms with E-state index in [1.54, 1.807) is 12.3 Å². The quantitative estimate of drug-likeness (QED) is 0.397. The number of benzene rings is 2. The van der Waals surface area contributed by atoms with Crippen molar-refractivity contribution in [1.82, 2.24) is 5.32 Å². The molecule has 1 aliphatic rings. The minimum Gasteiger partial charge on any atom is -0.490 e. The van der Waals surface area contributed by atoms with E-state index >= 15 is 0 Å². The summed E-state index contributed by atoms with van der Waals surface area (Å²) >= 11 is 1.42. The standard InChI is InChI=1S/C23H25N3O2S/c1-4-13-28-20-11-7-18(8-12-20)15-24-26-23-25-22(27)21(29-23)14-17-5-9-19(10-6-17)16(2)3/h4-12,15-16,21H,1,13-14H2,2-3H3,(H,25,26,27). The molecule has 0 radical (unpaired) electrons. The zero-order valence-corrected chi connectivity index (χ0v) is 17.5. The zero-order chi connectivity index (χ0) is 20.6. The summed E-state index contributed by atoms with van der Waals surface area (Å²) in [6.07, 6.45) is 4.02. The smallest absolute Gasteiger partial charge is 0.239 e. The topological polar surface area (TPSA) is 63.1 Å². The van der Waals surface area contributed by atoms with E-state index in [2.05, 4.69) is 60.2 Å². The second-order valence-corrected chi connectivity index (χ2v) is 8.21. The van der Waals surface area contributed by atoms with E-state index in [1.165, 1.54) is 17.3 Å². The first-order valence-corrected chi connectivity index (χ1v) is 10.4. The summed E-state index contributed by atoms with van der Waals surface area (Å²) in [6, 6.07) is 16.0. The molecule has 2 aromatic carbocycles. The maximum atomic E-state index is 12.2. The summed E-state index contributed by atoms with van der Waals surface area (Å²) < 4.78 is 5.45. The Kier molecular flexibility index (Phi) is 7.25. The van der Waals surface area contributed by atoms with E-state index in [-0.39, 0.29) is 11.2 Å². The lowest BCUT2D eigenvalue weighted by atomic mass is 10.0. The number of thioether (sulfide) groups is 1. The fraction of sp³-hybridized carbons (Fsp3) is 0.261. The minimum atomic E-state index is -0.185.